The largest absolute Gasteiger partial charge is 0.350 e. The minimum absolute atomic E-state index is 0.0202. The summed E-state index contributed by atoms with van der Waals surface area (Å²) in [4.78, 5) is 11.9. The van der Waals surface area contributed by atoms with Gasteiger partial charge in [-0.25, -0.2) is 0 Å². The summed E-state index contributed by atoms with van der Waals surface area (Å²) in [6.07, 6.45) is 0. The molecule has 94 valence electrons. The van der Waals surface area contributed by atoms with E-state index in [0.717, 1.165) is 8.95 Å². The van der Waals surface area contributed by atoms with Crippen molar-refractivity contribution in [2.24, 2.45) is 11.7 Å². The van der Waals surface area contributed by atoms with Gasteiger partial charge in [-0.15, -0.1) is 0 Å². The second-order valence-corrected chi connectivity index (χ2v) is 6.01. The smallest absolute Gasteiger partial charge is 0.252 e. The van der Waals surface area contributed by atoms with E-state index in [1.165, 1.54) is 0 Å². The molecule has 1 aromatic rings. The van der Waals surface area contributed by atoms with Gasteiger partial charge in [-0.2, -0.15) is 0 Å². The highest BCUT2D eigenvalue weighted by molar-refractivity contribution is 9.11. The molecule has 0 heterocycles. The van der Waals surface area contributed by atoms with Crippen LogP contribution in [0.3, 0.4) is 0 Å². The van der Waals surface area contributed by atoms with Crippen molar-refractivity contribution in [2.75, 3.05) is 6.54 Å². The molecule has 1 aromatic carbocycles. The van der Waals surface area contributed by atoms with Crippen LogP contribution in [-0.4, -0.2) is 18.5 Å². The summed E-state index contributed by atoms with van der Waals surface area (Å²) in [5.41, 5.74) is 6.49. The zero-order valence-corrected chi connectivity index (χ0v) is 13.0. The predicted octanol–water partition coefficient (Wildman–Crippen LogP) is 2.92. The van der Waals surface area contributed by atoms with Gasteiger partial charge >= 0.3 is 0 Å². The van der Waals surface area contributed by atoms with Gasteiger partial charge in [-0.05, 0) is 40.0 Å². The van der Waals surface area contributed by atoms with Gasteiger partial charge in [0.2, 0.25) is 0 Å². The monoisotopic (exact) mass is 362 g/mol. The highest BCUT2D eigenvalue weighted by Crippen LogP contribution is 2.21. The summed E-state index contributed by atoms with van der Waals surface area (Å²) in [5, 5.41) is 2.83. The fourth-order valence-electron chi connectivity index (χ4n) is 1.22. The lowest BCUT2D eigenvalue weighted by atomic mass is 10.1. The van der Waals surface area contributed by atoms with Gasteiger partial charge in [-0.3, -0.25) is 4.79 Å². The van der Waals surface area contributed by atoms with E-state index >= 15 is 0 Å². The van der Waals surface area contributed by atoms with Crippen LogP contribution in [0.2, 0.25) is 0 Å². The van der Waals surface area contributed by atoms with E-state index in [0.29, 0.717) is 18.0 Å². The third-order valence-electron chi connectivity index (χ3n) is 2.53. The third kappa shape index (κ3) is 4.41. The molecule has 17 heavy (non-hydrogen) atoms. The minimum atomic E-state index is -0.111. The molecule has 0 aliphatic heterocycles. The number of carbonyl (C=O) groups is 1. The standard InChI is InChI=1S/C12H16Br2N2O/c1-7(2)11(15)6-16-12(17)9-4-3-8(13)5-10(9)14/h3-5,7,11H,6,15H2,1-2H3,(H,16,17). The Labute approximate surface area is 118 Å². The van der Waals surface area contributed by atoms with Crippen LogP contribution in [0.25, 0.3) is 0 Å². The number of hydrogen-bond donors (Lipinski definition) is 2. The maximum Gasteiger partial charge on any atom is 0.252 e. The molecule has 5 heteroatoms. The second kappa shape index (κ2) is 6.52. The zero-order chi connectivity index (χ0) is 13.0. The Hall–Kier alpha value is -0.390. The lowest BCUT2D eigenvalue weighted by Crippen LogP contribution is -2.40. The maximum atomic E-state index is 11.9. The van der Waals surface area contributed by atoms with E-state index < -0.39 is 0 Å². The fraction of sp³-hybridized carbons (Fsp3) is 0.417. The Balaban J connectivity index is 2.64. The molecule has 0 bridgehead atoms. The molecule has 0 spiro atoms. The Morgan fingerprint density at radius 1 is 1.41 bits per heavy atom. The summed E-state index contributed by atoms with van der Waals surface area (Å²) in [7, 11) is 0. The molecule has 1 unspecified atom stereocenters. The normalized spacial score (nSPS) is 12.6. The first-order chi connectivity index (χ1) is 7.91. The van der Waals surface area contributed by atoms with Crippen LogP contribution >= 0.6 is 31.9 Å². The van der Waals surface area contributed by atoms with Crippen molar-refractivity contribution in [3.8, 4) is 0 Å². The lowest BCUT2D eigenvalue weighted by molar-refractivity contribution is 0.0948. The molecule has 3 N–H and O–H groups in total. The third-order valence-corrected chi connectivity index (χ3v) is 3.68. The Morgan fingerprint density at radius 2 is 2.06 bits per heavy atom. The van der Waals surface area contributed by atoms with E-state index in [1.807, 2.05) is 26.0 Å². The molecule has 0 radical (unpaired) electrons. The van der Waals surface area contributed by atoms with Crippen molar-refractivity contribution in [2.45, 2.75) is 19.9 Å². The average molecular weight is 364 g/mol. The maximum absolute atomic E-state index is 11.9. The topological polar surface area (TPSA) is 55.1 Å². The van der Waals surface area contributed by atoms with Crippen LogP contribution in [-0.2, 0) is 0 Å². The molecule has 1 rings (SSSR count). The van der Waals surface area contributed by atoms with E-state index in [4.69, 9.17) is 5.73 Å². The predicted molar refractivity (Wildman–Crippen MR) is 77.0 cm³/mol. The van der Waals surface area contributed by atoms with Crippen molar-refractivity contribution < 1.29 is 4.79 Å². The number of hydrogen-bond acceptors (Lipinski definition) is 2. The minimum Gasteiger partial charge on any atom is -0.350 e. The first-order valence-electron chi connectivity index (χ1n) is 5.40. The van der Waals surface area contributed by atoms with Gasteiger partial charge in [-0.1, -0.05) is 29.8 Å². The molecule has 3 nitrogen and oxygen atoms in total. The molecular weight excluding hydrogens is 348 g/mol. The highest BCUT2D eigenvalue weighted by Gasteiger charge is 2.13. The van der Waals surface area contributed by atoms with Crippen molar-refractivity contribution in [3.05, 3.63) is 32.7 Å². The molecule has 1 atom stereocenters. The van der Waals surface area contributed by atoms with E-state index in [2.05, 4.69) is 37.2 Å². The fourth-order valence-corrected chi connectivity index (χ4v) is 2.44. The summed E-state index contributed by atoms with van der Waals surface area (Å²) in [5.74, 6) is 0.240. The number of carbonyl (C=O) groups excluding carboxylic acids is 1. The van der Waals surface area contributed by atoms with Crippen LogP contribution in [0.1, 0.15) is 24.2 Å². The second-order valence-electron chi connectivity index (χ2n) is 4.24. The molecule has 0 saturated carbocycles. The molecule has 0 aromatic heterocycles. The van der Waals surface area contributed by atoms with Crippen LogP contribution in [0.15, 0.2) is 27.1 Å². The quantitative estimate of drug-likeness (QED) is 0.864. The first-order valence-corrected chi connectivity index (χ1v) is 6.99. The summed E-state index contributed by atoms with van der Waals surface area (Å²) >= 11 is 6.71. The van der Waals surface area contributed by atoms with Gasteiger partial charge in [0, 0.05) is 21.5 Å². The number of rotatable bonds is 4. The molecular formula is C12H16Br2N2O. The number of halogens is 2. The van der Waals surface area contributed by atoms with Crippen LogP contribution in [0.5, 0.6) is 0 Å². The SMILES string of the molecule is CC(C)C(N)CNC(=O)c1ccc(Br)cc1Br. The number of benzene rings is 1. The van der Waals surface area contributed by atoms with Gasteiger partial charge in [0.05, 0.1) is 5.56 Å². The lowest BCUT2D eigenvalue weighted by Gasteiger charge is -2.16. The highest BCUT2D eigenvalue weighted by atomic mass is 79.9. The zero-order valence-electron chi connectivity index (χ0n) is 9.84. The summed E-state index contributed by atoms with van der Waals surface area (Å²) in [6, 6.07) is 5.43. The first kappa shape index (κ1) is 14.7. The summed E-state index contributed by atoms with van der Waals surface area (Å²) in [6.45, 7) is 4.55. The summed E-state index contributed by atoms with van der Waals surface area (Å²) < 4.78 is 1.70. The van der Waals surface area contributed by atoms with Gasteiger partial charge in [0.1, 0.15) is 0 Å². The van der Waals surface area contributed by atoms with Gasteiger partial charge < -0.3 is 11.1 Å². The number of amides is 1. The Kier molecular flexibility index (Phi) is 5.62. The Morgan fingerprint density at radius 3 is 2.59 bits per heavy atom. The van der Waals surface area contributed by atoms with Crippen molar-refractivity contribution in [1.29, 1.82) is 0 Å². The molecule has 0 saturated heterocycles. The van der Waals surface area contributed by atoms with Crippen molar-refractivity contribution in [3.63, 3.8) is 0 Å². The Bertz CT molecular complexity index is 407. The molecule has 1 amide bonds. The molecule has 0 aliphatic carbocycles. The van der Waals surface area contributed by atoms with Crippen molar-refractivity contribution >= 4 is 37.8 Å². The number of nitrogens with two attached hydrogens (primary N) is 1. The van der Waals surface area contributed by atoms with Crippen molar-refractivity contribution in [1.82, 2.24) is 5.32 Å². The number of nitrogens with one attached hydrogen (secondary N) is 1. The van der Waals surface area contributed by atoms with Crippen LogP contribution < -0.4 is 11.1 Å². The molecule has 0 aliphatic rings. The average Bonchev–Trinajstić information content (AvgIpc) is 2.25. The van der Waals surface area contributed by atoms with Crippen LogP contribution in [0, 0.1) is 5.92 Å². The van der Waals surface area contributed by atoms with Crippen LogP contribution in [0.4, 0.5) is 0 Å². The molecule has 0 fully saturated rings. The van der Waals surface area contributed by atoms with E-state index in [9.17, 15) is 4.79 Å². The van der Waals surface area contributed by atoms with Gasteiger partial charge in [0.25, 0.3) is 5.91 Å². The van der Waals surface area contributed by atoms with E-state index in [1.54, 1.807) is 6.07 Å². The van der Waals surface area contributed by atoms with Gasteiger partial charge in [0.15, 0.2) is 0 Å². The van der Waals surface area contributed by atoms with E-state index in [-0.39, 0.29) is 11.9 Å².